The molecule has 1 aliphatic carbocycles. The van der Waals surface area contributed by atoms with Gasteiger partial charge in [-0.2, -0.15) is 0 Å². The summed E-state index contributed by atoms with van der Waals surface area (Å²) in [5, 5.41) is 3.07. The molecule has 3 rings (SSSR count). The molecule has 1 heterocycles. The highest BCUT2D eigenvalue weighted by Crippen LogP contribution is 2.30. The zero-order valence-corrected chi connectivity index (χ0v) is 12.1. The number of amides is 2. The van der Waals surface area contributed by atoms with Crippen LogP contribution in [0.5, 0.6) is 0 Å². The number of fused-ring (bicyclic) bond motifs is 1. The van der Waals surface area contributed by atoms with E-state index in [0.29, 0.717) is 13.0 Å². The Morgan fingerprint density at radius 2 is 2.19 bits per heavy atom. The topological polar surface area (TPSA) is 75.4 Å². The van der Waals surface area contributed by atoms with Crippen molar-refractivity contribution in [2.45, 2.75) is 38.1 Å². The highest BCUT2D eigenvalue weighted by molar-refractivity contribution is 5.86. The second-order valence-electron chi connectivity index (χ2n) is 5.89. The smallest absolute Gasteiger partial charge is 0.240 e. The van der Waals surface area contributed by atoms with E-state index in [1.54, 1.807) is 4.90 Å². The molecule has 0 bridgehead atoms. The molecule has 0 radical (unpaired) electrons. The molecule has 1 atom stereocenters. The second-order valence-corrected chi connectivity index (χ2v) is 5.89. The minimum Gasteiger partial charge on any atom is -0.399 e. The molecule has 0 spiro atoms. The predicted molar refractivity (Wildman–Crippen MR) is 80.5 cm³/mol. The van der Waals surface area contributed by atoms with Crippen LogP contribution in [0.1, 0.15) is 42.9 Å². The monoisotopic (exact) mass is 287 g/mol. The van der Waals surface area contributed by atoms with Crippen LogP contribution in [-0.2, 0) is 16.0 Å². The van der Waals surface area contributed by atoms with Crippen LogP contribution in [-0.4, -0.2) is 29.8 Å². The Bertz CT molecular complexity index is 571. The molecule has 1 aliphatic heterocycles. The lowest BCUT2D eigenvalue weighted by Gasteiger charge is -2.27. The number of nitrogen functional groups attached to an aromatic ring is 1. The molecule has 1 fully saturated rings. The van der Waals surface area contributed by atoms with Gasteiger partial charge in [-0.15, -0.1) is 0 Å². The summed E-state index contributed by atoms with van der Waals surface area (Å²) >= 11 is 0. The molecule has 1 unspecified atom stereocenters. The number of aryl methyl sites for hydroxylation is 1. The minimum absolute atomic E-state index is 0.0413. The summed E-state index contributed by atoms with van der Waals surface area (Å²) in [4.78, 5) is 25.4. The molecule has 5 nitrogen and oxygen atoms in total. The summed E-state index contributed by atoms with van der Waals surface area (Å²) in [7, 11) is 0. The van der Waals surface area contributed by atoms with Crippen LogP contribution in [0.25, 0.3) is 0 Å². The van der Waals surface area contributed by atoms with Crippen molar-refractivity contribution in [1.29, 1.82) is 0 Å². The summed E-state index contributed by atoms with van der Waals surface area (Å²) in [6.07, 6.45) is 4.43. The van der Waals surface area contributed by atoms with Gasteiger partial charge < -0.3 is 16.0 Å². The molecule has 1 saturated heterocycles. The van der Waals surface area contributed by atoms with E-state index in [9.17, 15) is 9.59 Å². The summed E-state index contributed by atoms with van der Waals surface area (Å²) < 4.78 is 0. The van der Waals surface area contributed by atoms with E-state index in [-0.39, 0.29) is 24.4 Å². The molecule has 1 aromatic carbocycles. The summed E-state index contributed by atoms with van der Waals surface area (Å²) in [5.74, 6) is 0.0156. The second kappa shape index (κ2) is 5.76. The standard InChI is InChI=1S/C16H21N3O2/c17-12-6-7-13-11(9-12)3-1-4-14(13)18-15(20)10-19-8-2-5-16(19)21/h6-7,9,14H,1-5,8,10,17H2,(H,18,20). The normalized spacial score (nSPS) is 21.2. The number of carbonyl (C=O) groups excluding carboxylic acids is 2. The van der Waals surface area contributed by atoms with E-state index < -0.39 is 0 Å². The lowest BCUT2D eigenvalue weighted by molar-refractivity contribution is -0.133. The van der Waals surface area contributed by atoms with E-state index in [0.717, 1.165) is 36.9 Å². The predicted octanol–water partition coefficient (Wildman–Crippen LogP) is 1.38. The zero-order valence-electron chi connectivity index (χ0n) is 12.1. The van der Waals surface area contributed by atoms with Crippen LogP contribution in [0.2, 0.25) is 0 Å². The van der Waals surface area contributed by atoms with E-state index in [2.05, 4.69) is 5.32 Å². The number of nitrogens with two attached hydrogens (primary N) is 1. The van der Waals surface area contributed by atoms with Crippen molar-refractivity contribution in [1.82, 2.24) is 10.2 Å². The Labute approximate surface area is 124 Å². The van der Waals surface area contributed by atoms with E-state index in [1.165, 1.54) is 5.56 Å². The SMILES string of the molecule is Nc1ccc2c(c1)CCCC2NC(=O)CN1CCCC1=O. The molecule has 21 heavy (non-hydrogen) atoms. The third kappa shape index (κ3) is 3.01. The first-order valence-corrected chi connectivity index (χ1v) is 7.59. The average molecular weight is 287 g/mol. The largest absolute Gasteiger partial charge is 0.399 e. The summed E-state index contributed by atoms with van der Waals surface area (Å²) in [6, 6.07) is 5.93. The van der Waals surface area contributed by atoms with Crippen LogP contribution in [0, 0.1) is 0 Å². The first kappa shape index (κ1) is 13.9. The van der Waals surface area contributed by atoms with Crippen LogP contribution in [0.4, 0.5) is 5.69 Å². The van der Waals surface area contributed by atoms with Crippen molar-refractivity contribution in [2.75, 3.05) is 18.8 Å². The molecule has 2 aliphatic rings. The minimum atomic E-state index is -0.0695. The Morgan fingerprint density at radius 1 is 1.33 bits per heavy atom. The first-order valence-electron chi connectivity index (χ1n) is 7.59. The quantitative estimate of drug-likeness (QED) is 0.825. The molecular weight excluding hydrogens is 266 g/mol. The van der Waals surface area contributed by atoms with Crippen molar-refractivity contribution >= 4 is 17.5 Å². The zero-order chi connectivity index (χ0) is 14.8. The van der Waals surface area contributed by atoms with Gasteiger partial charge >= 0.3 is 0 Å². The van der Waals surface area contributed by atoms with Crippen molar-refractivity contribution in [3.05, 3.63) is 29.3 Å². The lowest BCUT2D eigenvalue weighted by Crippen LogP contribution is -2.40. The van der Waals surface area contributed by atoms with Gasteiger partial charge in [-0.3, -0.25) is 9.59 Å². The van der Waals surface area contributed by atoms with Gasteiger partial charge in [0.1, 0.15) is 0 Å². The van der Waals surface area contributed by atoms with Crippen molar-refractivity contribution < 1.29 is 9.59 Å². The number of anilines is 1. The van der Waals surface area contributed by atoms with Gasteiger partial charge in [-0.1, -0.05) is 6.07 Å². The number of likely N-dealkylation sites (tertiary alicyclic amines) is 1. The highest BCUT2D eigenvalue weighted by Gasteiger charge is 2.25. The van der Waals surface area contributed by atoms with Crippen LogP contribution >= 0.6 is 0 Å². The van der Waals surface area contributed by atoms with Gasteiger partial charge in [0, 0.05) is 18.7 Å². The van der Waals surface area contributed by atoms with Gasteiger partial charge in [0.2, 0.25) is 11.8 Å². The van der Waals surface area contributed by atoms with Gasteiger partial charge in [-0.25, -0.2) is 0 Å². The lowest BCUT2D eigenvalue weighted by atomic mass is 9.87. The number of rotatable bonds is 3. The van der Waals surface area contributed by atoms with Gasteiger partial charge in [0.05, 0.1) is 12.6 Å². The van der Waals surface area contributed by atoms with Crippen LogP contribution in [0.15, 0.2) is 18.2 Å². The third-order valence-electron chi connectivity index (χ3n) is 4.32. The van der Waals surface area contributed by atoms with E-state index in [1.807, 2.05) is 18.2 Å². The molecule has 112 valence electrons. The molecule has 0 saturated carbocycles. The fraction of sp³-hybridized carbons (Fsp3) is 0.500. The van der Waals surface area contributed by atoms with Crippen molar-refractivity contribution in [3.63, 3.8) is 0 Å². The fourth-order valence-corrected chi connectivity index (χ4v) is 3.27. The maximum absolute atomic E-state index is 12.2. The van der Waals surface area contributed by atoms with Crippen molar-refractivity contribution in [3.8, 4) is 0 Å². The summed E-state index contributed by atoms with van der Waals surface area (Å²) in [6.45, 7) is 0.879. The van der Waals surface area contributed by atoms with Crippen LogP contribution in [0.3, 0.4) is 0 Å². The molecular formula is C16H21N3O2. The molecule has 1 aromatic rings. The Morgan fingerprint density at radius 3 is 2.95 bits per heavy atom. The van der Waals surface area contributed by atoms with Crippen LogP contribution < -0.4 is 11.1 Å². The number of nitrogens with one attached hydrogen (secondary N) is 1. The van der Waals surface area contributed by atoms with Crippen molar-refractivity contribution in [2.24, 2.45) is 0 Å². The number of hydrogen-bond donors (Lipinski definition) is 2. The fourth-order valence-electron chi connectivity index (χ4n) is 3.27. The van der Waals surface area contributed by atoms with Gasteiger partial charge in [0.15, 0.2) is 0 Å². The Hall–Kier alpha value is -2.04. The summed E-state index contributed by atoms with van der Waals surface area (Å²) in [5.41, 5.74) is 8.98. The van der Waals surface area contributed by atoms with E-state index >= 15 is 0 Å². The van der Waals surface area contributed by atoms with Gasteiger partial charge in [0.25, 0.3) is 0 Å². The van der Waals surface area contributed by atoms with E-state index in [4.69, 9.17) is 5.73 Å². The first-order chi connectivity index (χ1) is 10.1. The van der Waals surface area contributed by atoms with Gasteiger partial charge in [-0.05, 0) is 48.9 Å². The highest BCUT2D eigenvalue weighted by atomic mass is 16.2. The Balaban J connectivity index is 1.66. The Kier molecular flexibility index (Phi) is 3.82. The number of nitrogens with zero attached hydrogens (tertiary/aromatic N) is 1. The molecule has 0 aromatic heterocycles. The number of carbonyl (C=O) groups is 2. The molecule has 5 heteroatoms. The maximum Gasteiger partial charge on any atom is 0.240 e. The molecule has 3 N–H and O–H groups in total. The maximum atomic E-state index is 12.2. The molecule has 2 amide bonds. The average Bonchev–Trinajstić information content (AvgIpc) is 2.84. The number of hydrogen-bond acceptors (Lipinski definition) is 3. The number of benzene rings is 1. The third-order valence-corrected chi connectivity index (χ3v) is 4.32.